The highest BCUT2D eigenvalue weighted by molar-refractivity contribution is 6.30. The summed E-state index contributed by atoms with van der Waals surface area (Å²) in [5, 5.41) is 0.0199. The summed E-state index contributed by atoms with van der Waals surface area (Å²) in [4.78, 5) is 1.47. The van der Waals surface area contributed by atoms with Crippen molar-refractivity contribution in [1.82, 2.24) is 4.90 Å². The molecule has 6 heteroatoms. The third-order valence-electron chi connectivity index (χ3n) is 2.19. The van der Waals surface area contributed by atoms with E-state index in [4.69, 9.17) is 23.2 Å². The van der Waals surface area contributed by atoms with Crippen LogP contribution >= 0.6 is 23.2 Å². The van der Waals surface area contributed by atoms with Gasteiger partial charge in [0, 0.05) is 19.0 Å². The van der Waals surface area contributed by atoms with Gasteiger partial charge in [0.25, 0.3) is 6.43 Å². The summed E-state index contributed by atoms with van der Waals surface area (Å²) >= 11 is 11.1. The minimum atomic E-state index is -2.43. The summed E-state index contributed by atoms with van der Waals surface area (Å²) in [6.45, 7) is 0.179. The molecule has 0 saturated carbocycles. The van der Waals surface area contributed by atoms with Gasteiger partial charge in [-0.25, -0.2) is 13.2 Å². The van der Waals surface area contributed by atoms with Gasteiger partial charge in [-0.2, -0.15) is 0 Å². The summed E-state index contributed by atoms with van der Waals surface area (Å²) in [6, 6.07) is 4.26. The summed E-state index contributed by atoms with van der Waals surface area (Å²) in [6.07, 6.45) is -2.43. The van der Waals surface area contributed by atoms with Crippen molar-refractivity contribution in [1.29, 1.82) is 0 Å². The zero-order valence-electron chi connectivity index (χ0n) is 8.97. The maximum Gasteiger partial charge on any atom is 0.251 e. The lowest BCUT2D eigenvalue weighted by atomic mass is 10.2. The van der Waals surface area contributed by atoms with E-state index >= 15 is 0 Å². The first-order chi connectivity index (χ1) is 8.02. The third kappa shape index (κ3) is 5.15. The molecule has 0 fully saturated rings. The van der Waals surface area contributed by atoms with Gasteiger partial charge < -0.3 is 0 Å². The zero-order valence-corrected chi connectivity index (χ0v) is 10.5. The van der Waals surface area contributed by atoms with Crippen LogP contribution in [-0.4, -0.2) is 30.3 Å². The van der Waals surface area contributed by atoms with Gasteiger partial charge in [-0.05, 0) is 17.7 Å². The second kappa shape index (κ2) is 7.09. The molecule has 0 aliphatic heterocycles. The minimum absolute atomic E-state index is 0.0199. The molecule has 0 aliphatic carbocycles. The van der Waals surface area contributed by atoms with Crippen molar-refractivity contribution in [2.24, 2.45) is 0 Å². The van der Waals surface area contributed by atoms with Gasteiger partial charge in [0.15, 0.2) is 0 Å². The van der Waals surface area contributed by atoms with Crippen LogP contribution < -0.4 is 0 Å². The van der Waals surface area contributed by atoms with Crippen LogP contribution in [-0.2, 0) is 6.54 Å². The van der Waals surface area contributed by atoms with E-state index in [-0.39, 0.29) is 24.0 Å². The molecule has 0 atom stereocenters. The number of rotatable bonds is 6. The summed E-state index contributed by atoms with van der Waals surface area (Å²) in [7, 11) is 0. The molecule has 1 rings (SSSR count). The van der Waals surface area contributed by atoms with Crippen LogP contribution in [0.15, 0.2) is 18.2 Å². The molecule has 0 bridgehead atoms. The van der Waals surface area contributed by atoms with Crippen molar-refractivity contribution in [2.45, 2.75) is 13.0 Å². The van der Waals surface area contributed by atoms with Gasteiger partial charge >= 0.3 is 0 Å². The van der Waals surface area contributed by atoms with E-state index in [0.717, 1.165) is 0 Å². The Morgan fingerprint density at radius 3 is 2.53 bits per heavy atom. The Labute approximate surface area is 108 Å². The fourth-order valence-corrected chi connectivity index (χ4v) is 1.80. The molecule has 1 aromatic rings. The van der Waals surface area contributed by atoms with E-state index in [0.29, 0.717) is 12.1 Å². The first-order valence-corrected chi connectivity index (χ1v) is 5.94. The molecule has 0 saturated heterocycles. The van der Waals surface area contributed by atoms with E-state index < -0.39 is 12.2 Å². The Kier molecular flexibility index (Phi) is 6.09. The van der Waals surface area contributed by atoms with Crippen LogP contribution in [0.4, 0.5) is 13.2 Å². The smallest absolute Gasteiger partial charge is 0.251 e. The molecule has 17 heavy (non-hydrogen) atoms. The summed E-state index contributed by atoms with van der Waals surface area (Å²) < 4.78 is 37.7. The molecule has 0 aliphatic rings. The first-order valence-electron chi connectivity index (χ1n) is 5.03. The highest BCUT2D eigenvalue weighted by atomic mass is 35.5. The van der Waals surface area contributed by atoms with Crippen LogP contribution in [0.2, 0.25) is 5.02 Å². The Balaban J connectivity index is 2.67. The van der Waals surface area contributed by atoms with E-state index in [1.807, 2.05) is 0 Å². The fourth-order valence-electron chi connectivity index (χ4n) is 1.45. The predicted molar refractivity (Wildman–Crippen MR) is 63.4 cm³/mol. The average molecular weight is 286 g/mol. The highest BCUT2D eigenvalue weighted by Crippen LogP contribution is 2.17. The average Bonchev–Trinajstić information content (AvgIpc) is 2.23. The SMILES string of the molecule is Fc1cc(CN(CCCl)CC(F)F)ccc1Cl. The largest absolute Gasteiger partial charge is 0.292 e. The molecular weight excluding hydrogens is 274 g/mol. The van der Waals surface area contributed by atoms with Gasteiger partial charge in [0.2, 0.25) is 0 Å². The third-order valence-corrected chi connectivity index (χ3v) is 2.66. The van der Waals surface area contributed by atoms with E-state index in [1.165, 1.54) is 17.0 Å². The van der Waals surface area contributed by atoms with E-state index in [2.05, 4.69) is 0 Å². The molecule has 0 radical (unpaired) electrons. The zero-order chi connectivity index (χ0) is 12.8. The van der Waals surface area contributed by atoms with Crippen LogP contribution in [0.25, 0.3) is 0 Å². The number of alkyl halides is 3. The first kappa shape index (κ1) is 14.6. The maximum atomic E-state index is 13.2. The molecule has 0 amide bonds. The molecular formula is C11H12Cl2F3N. The topological polar surface area (TPSA) is 3.24 Å². The number of nitrogens with zero attached hydrogens (tertiary/aromatic N) is 1. The van der Waals surface area contributed by atoms with Crippen molar-refractivity contribution in [3.05, 3.63) is 34.6 Å². The Morgan fingerprint density at radius 2 is 2.00 bits per heavy atom. The number of hydrogen-bond acceptors (Lipinski definition) is 1. The lowest BCUT2D eigenvalue weighted by molar-refractivity contribution is 0.0878. The molecule has 1 nitrogen and oxygen atoms in total. The summed E-state index contributed by atoms with van der Waals surface area (Å²) in [5.74, 6) is -0.296. The normalized spacial score (nSPS) is 11.5. The lowest BCUT2D eigenvalue weighted by Crippen LogP contribution is -2.30. The van der Waals surface area contributed by atoms with Crippen molar-refractivity contribution < 1.29 is 13.2 Å². The molecule has 0 aromatic heterocycles. The molecule has 0 N–H and O–H groups in total. The molecule has 0 unspecified atom stereocenters. The van der Waals surface area contributed by atoms with Crippen molar-refractivity contribution in [2.75, 3.05) is 19.0 Å². The number of hydrogen-bond donors (Lipinski definition) is 0. The maximum absolute atomic E-state index is 13.2. The molecule has 96 valence electrons. The van der Waals surface area contributed by atoms with Crippen molar-refractivity contribution >= 4 is 23.2 Å². The number of benzene rings is 1. The quantitative estimate of drug-likeness (QED) is 0.719. The Bertz CT molecular complexity index is 361. The van der Waals surface area contributed by atoms with Crippen LogP contribution in [0.3, 0.4) is 0 Å². The van der Waals surface area contributed by atoms with Crippen LogP contribution in [0.5, 0.6) is 0 Å². The minimum Gasteiger partial charge on any atom is -0.292 e. The van der Waals surface area contributed by atoms with Crippen LogP contribution in [0, 0.1) is 5.82 Å². The van der Waals surface area contributed by atoms with E-state index in [1.54, 1.807) is 6.07 Å². The van der Waals surface area contributed by atoms with Gasteiger partial charge in [0.1, 0.15) is 5.82 Å². The summed E-state index contributed by atoms with van der Waals surface area (Å²) in [5.41, 5.74) is 0.595. The predicted octanol–water partition coefficient (Wildman–Crippen LogP) is 3.79. The van der Waals surface area contributed by atoms with Gasteiger partial charge in [-0.3, -0.25) is 4.90 Å². The van der Waals surface area contributed by atoms with Gasteiger partial charge in [-0.15, -0.1) is 11.6 Å². The Hall–Kier alpha value is -0.450. The Morgan fingerprint density at radius 1 is 1.29 bits per heavy atom. The molecule has 1 aromatic carbocycles. The van der Waals surface area contributed by atoms with Gasteiger partial charge in [-0.1, -0.05) is 17.7 Å². The number of halogens is 5. The second-order valence-electron chi connectivity index (χ2n) is 3.56. The van der Waals surface area contributed by atoms with Crippen molar-refractivity contribution in [3.63, 3.8) is 0 Å². The lowest BCUT2D eigenvalue weighted by Gasteiger charge is -2.20. The van der Waals surface area contributed by atoms with Crippen LogP contribution in [0.1, 0.15) is 5.56 Å². The highest BCUT2D eigenvalue weighted by Gasteiger charge is 2.12. The second-order valence-corrected chi connectivity index (χ2v) is 4.35. The fraction of sp³-hybridized carbons (Fsp3) is 0.455. The van der Waals surface area contributed by atoms with Crippen molar-refractivity contribution in [3.8, 4) is 0 Å². The monoisotopic (exact) mass is 285 g/mol. The van der Waals surface area contributed by atoms with E-state index in [9.17, 15) is 13.2 Å². The van der Waals surface area contributed by atoms with Gasteiger partial charge in [0.05, 0.1) is 11.6 Å². The standard InChI is InChI=1S/C11H12Cl2F3N/c12-3-4-17(7-11(15)16)6-8-1-2-9(13)10(14)5-8/h1-2,5,11H,3-4,6-7H2. The molecule has 0 heterocycles. The molecule has 0 spiro atoms.